The summed E-state index contributed by atoms with van der Waals surface area (Å²) in [4.78, 5) is 0.731. The minimum atomic E-state index is -2.56. The molecule has 26 heavy (non-hydrogen) atoms. The van der Waals surface area contributed by atoms with E-state index in [1.54, 1.807) is 5.41 Å². The van der Waals surface area contributed by atoms with Gasteiger partial charge in [-0.15, -0.1) is 0 Å². The SMILES string of the molecule is Cc1ccc(S2(=O)=Nc3ccc(OCc4ccccc4)cc3C=C2)cc1. The largest absolute Gasteiger partial charge is 0.489 e. The molecule has 1 aliphatic heterocycles. The van der Waals surface area contributed by atoms with Gasteiger partial charge < -0.3 is 4.74 Å². The molecule has 0 fully saturated rings. The van der Waals surface area contributed by atoms with Crippen LogP contribution < -0.4 is 4.74 Å². The first-order valence-corrected chi connectivity index (χ1v) is 10.0. The van der Waals surface area contributed by atoms with E-state index in [1.165, 1.54) is 0 Å². The highest BCUT2D eigenvalue weighted by Gasteiger charge is 2.15. The maximum Gasteiger partial charge on any atom is 0.120 e. The topological polar surface area (TPSA) is 38.7 Å². The predicted molar refractivity (Wildman–Crippen MR) is 106 cm³/mol. The fourth-order valence-corrected chi connectivity index (χ4v) is 4.43. The van der Waals surface area contributed by atoms with Gasteiger partial charge in [0.1, 0.15) is 22.1 Å². The lowest BCUT2D eigenvalue weighted by Crippen LogP contribution is -2.00. The number of benzene rings is 3. The molecule has 1 unspecified atom stereocenters. The molecule has 0 N–H and O–H groups in total. The molecule has 0 amide bonds. The zero-order valence-electron chi connectivity index (χ0n) is 14.5. The summed E-state index contributed by atoms with van der Waals surface area (Å²) in [6, 6.07) is 23.4. The van der Waals surface area contributed by atoms with Gasteiger partial charge in [0.15, 0.2) is 0 Å². The van der Waals surface area contributed by atoms with E-state index in [2.05, 4.69) is 4.36 Å². The molecule has 0 aromatic heterocycles. The number of ether oxygens (including phenoxy) is 1. The highest BCUT2D eigenvalue weighted by Crippen LogP contribution is 2.34. The molecule has 0 spiro atoms. The lowest BCUT2D eigenvalue weighted by Gasteiger charge is -2.14. The number of fused-ring (bicyclic) bond motifs is 1. The number of nitrogens with zero attached hydrogens (tertiary/aromatic N) is 1. The van der Waals surface area contributed by atoms with E-state index in [0.29, 0.717) is 6.61 Å². The summed E-state index contributed by atoms with van der Waals surface area (Å²) in [6.45, 7) is 2.53. The molecule has 1 atom stereocenters. The molecule has 0 aliphatic carbocycles. The molecule has 130 valence electrons. The molecule has 3 aromatic carbocycles. The monoisotopic (exact) mass is 361 g/mol. The summed E-state index contributed by atoms with van der Waals surface area (Å²) in [6.07, 6.45) is 1.87. The lowest BCUT2D eigenvalue weighted by molar-refractivity contribution is 0.306. The number of hydrogen-bond acceptors (Lipinski definition) is 3. The second-order valence-electron chi connectivity index (χ2n) is 6.27. The van der Waals surface area contributed by atoms with Crippen molar-refractivity contribution < 1.29 is 8.95 Å². The van der Waals surface area contributed by atoms with Crippen LogP contribution in [-0.4, -0.2) is 4.21 Å². The summed E-state index contributed by atoms with van der Waals surface area (Å²) < 4.78 is 23.6. The molecular formula is C22H19NO2S. The summed E-state index contributed by atoms with van der Waals surface area (Å²) in [5.74, 6) is 0.774. The summed E-state index contributed by atoms with van der Waals surface area (Å²) in [7, 11) is -2.56. The minimum Gasteiger partial charge on any atom is -0.489 e. The Morgan fingerprint density at radius 1 is 0.962 bits per heavy atom. The molecule has 3 nitrogen and oxygen atoms in total. The number of hydrogen-bond donors (Lipinski definition) is 0. The zero-order chi connectivity index (χ0) is 18.0. The van der Waals surface area contributed by atoms with Crippen molar-refractivity contribution in [2.75, 3.05) is 0 Å². The first-order chi connectivity index (χ1) is 12.6. The highest BCUT2D eigenvalue weighted by molar-refractivity contribution is 7.96. The summed E-state index contributed by atoms with van der Waals surface area (Å²) >= 11 is 0. The predicted octanol–water partition coefficient (Wildman–Crippen LogP) is 5.72. The van der Waals surface area contributed by atoms with E-state index in [-0.39, 0.29) is 0 Å². The Balaban J connectivity index is 1.59. The first kappa shape index (κ1) is 16.6. The second kappa shape index (κ2) is 6.81. The molecule has 1 heterocycles. The third-order valence-corrected chi connectivity index (χ3v) is 6.19. The molecule has 4 heteroatoms. The maximum absolute atomic E-state index is 13.2. The van der Waals surface area contributed by atoms with Gasteiger partial charge in [-0.05, 0) is 48.9 Å². The van der Waals surface area contributed by atoms with Crippen molar-refractivity contribution in [1.82, 2.24) is 0 Å². The normalized spacial score (nSPS) is 18.0. The standard InChI is InChI=1S/C22H19NO2S/c1-17-7-10-21(11-8-17)26(24)14-13-19-15-20(9-12-22(19)23-26)25-16-18-5-3-2-4-6-18/h2-15H,16H2,1H3. The Bertz CT molecular complexity index is 1080. The van der Waals surface area contributed by atoms with Crippen molar-refractivity contribution >= 4 is 21.5 Å². The van der Waals surface area contributed by atoms with E-state index in [1.807, 2.05) is 85.8 Å². The van der Waals surface area contributed by atoms with Crippen LogP contribution in [0.2, 0.25) is 0 Å². The van der Waals surface area contributed by atoms with Gasteiger partial charge in [0.25, 0.3) is 0 Å². The Labute approximate surface area is 154 Å². The third-order valence-electron chi connectivity index (χ3n) is 4.27. The maximum atomic E-state index is 13.2. The van der Waals surface area contributed by atoms with Crippen LogP contribution in [0.4, 0.5) is 5.69 Å². The van der Waals surface area contributed by atoms with Crippen LogP contribution >= 0.6 is 0 Å². The van der Waals surface area contributed by atoms with Gasteiger partial charge in [0.05, 0.1) is 10.6 Å². The summed E-state index contributed by atoms with van der Waals surface area (Å²) in [5.41, 5.74) is 3.90. The van der Waals surface area contributed by atoms with Crippen molar-refractivity contribution in [3.8, 4) is 5.75 Å². The average molecular weight is 361 g/mol. The van der Waals surface area contributed by atoms with E-state index < -0.39 is 9.73 Å². The van der Waals surface area contributed by atoms with Crippen LogP contribution in [0.15, 0.2) is 87.5 Å². The Morgan fingerprint density at radius 3 is 2.50 bits per heavy atom. The van der Waals surface area contributed by atoms with Crippen LogP contribution in [0.3, 0.4) is 0 Å². The smallest absolute Gasteiger partial charge is 0.120 e. The van der Waals surface area contributed by atoms with E-state index in [9.17, 15) is 4.21 Å². The van der Waals surface area contributed by atoms with Crippen LogP contribution in [0.5, 0.6) is 5.75 Å². The van der Waals surface area contributed by atoms with Crippen molar-refractivity contribution in [3.63, 3.8) is 0 Å². The lowest BCUT2D eigenvalue weighted by atomic mass is 10.1. The number of aryl methyl sites for hydroxylation is 1. The molecule has 3 aromatic rings. The van der Waals surface area contributed by atoms with Gasteiger partial charge in [0, 0.05) is 11.0 Å². The number of rotatable bonds is 4. The fourth-order valence-electron chi connectivity index (χ4n) is 2.79. The van der Waals surface area contributed by atoms with Crippen molar-refractivity contribution in [2.24, 2.45) is 4.36 Å². The molecule has 0 saturated heterocycles. The Hall–Kier alpha value is -2.85. The van der Waals surface area contributed by atoms with Crippen LogP contribution in [0.1, 0.15) is 16.7 Å². The van der Waals surface area contributed by atoms with Crippen LogP contribution in [0.25, 0.3) is 6.08 Å². The molecule has 0 radical (unpaired) electrons. The van der Waals surface area contributed by atoms with Crippen LogP contribution in [0, 0.1) is 6.92 Å². The third kappa shape index (κ3) is 3.41. The average Bonchev–Trinajstić information content (AvgIpc) is 2.67. The van der Waals surface area contributed by atoms with Gasteiger partial charge in [0.2, 0.25) is 0 Å². The van der Waals surface area contributed by atoms with E-state index >= 15 is 0 Å². The quantitative estimate of drug-likeness (QED) is 0.596. The van der Waals surface area contributed by atoms with Gasteiger partial charge in [-0.2, -0.15) is 4.36 Å². The zero-order valence-corrected chi connectivity index (χ0v) is 15.3. The van der Waals surface area contributed by atoms with Crippen molar-refractivity contribution in [3.05, 3.63) is 94.9 Å². The second-order valence-corrected chi connectivity index (χ2v) is 8.33. The molecule has 4 rings (SSSR count). The molecule has 0 bridgehead atoms. The van der Waals surface area contributed by atoms with E-state index in [4.69, 9.17) is 4.74 Å². The van der Waals surface area contributed by atoms with Gasteiger partial charge in [-0.25, -0.2) is 4.21 Å². The van der Waals surface area contributed by atoms with Gasteiger partial charge in [-0.1, -0.05) is 48.0 Å². The molecular weight excluding hydrogens is 342 g/mol. The highest BCUT2D eigenvalue weighted by atomic mass is 32.2. The fraction of sp³-hybridized carbons (Fsp3) is 0.0909. The molecule has 1 aliphatic rings. The van der Waals surface area contributed by atoms with Crippen molar-refractivity contribution in [1.29, 1.82) is 0 Å². The van der Waals surface area contributed by atoms with Crippen LogP contribution in [-0.2, 0) is 16.3 Å². The Kier molecular flexibility index (Phi) is 4.35. The minimum absolute atomic E-state index is 0.514. The van der Waals surface area contributed by atoms with Gasteiger partial charge in [-0.3, -0.25) is 0 Å². The first-order valence-electron chi connectivity index (χ1n) is 8.45. The molecule has 0 saturated carbocycles. The summed E-state index contributed by atoms with van der Waals surface area (Å²) in [5, 5.41) is 1.70. The van der Waals surface area contributed by atoms with E-state index in [0.717, 1.165) is 33.0 Å². The Morgan fingerprint density at radius 2 is 1.73 bits per heavy atom. The van der Waals surface area contributed by atoms with Crippen molar-refractivity contribution in [2.45, 2.75) is 18.4 Å². The van der Waals surface area contributed by atoms with Gasteiger partial charge >= 0.3 is 0 Å².